The number of rotatable bonds is 15. The van der Waals surface area contributed by atoms with E-state index in [9.17, 15) is 33.6 Å². The number of hydrogen-bond acceptors (Lipinski definition) is 10. The predicted molar refractivity (Wildman–Crippen MR) is 211 cm³/mol. The van der Waals surface area contributed by atoms with Crippen molar-refractivity contribution in [3.63, 3.8) is 0 Å². The molecule has 0 unspecified atom stereocenters. The summed E-state index contributed by atoms with van der Waals surface area (Å²) in [6, 6.07) is 13.5. The van der Waals surface area contributed by atoms with Gasteiger partial charge in [0.05, 0.1) is 26.9 Å². The lowest BCUT2D eigenvalue weighted by Gasteiger charge is -2.32. The first kappa shape index (κ1) is 43.6. The lowest BCUT2D eigenvalue weighted by Crippen LogP contribution is -2.58. The summed E-state index contributed by atoms with van der Waals surface area (Å²) in [5.74, 6) is -3.27. The number of carbonyl (C=O) groups is 7. The third-order valence-corrected chi connectivity index (χ3v) is 10.4. The standard InChI is InChI=1S/C42H56N6O10/c1-42(2,3)58-41(55)48-23-12-19-33(48)39(53)46-21-11-18-32(46)37(51)43-25-35(49)44-30(24-28-14-7-5-8-15-28)36(50)45-31(27-57-26-29-16-9-6-10-17-29)38(52)47-22-13-20-34(47)40(54)56-4/h5-10,14-17,30-34H,11-13,18-27H2,1-4H3,(H,43,51)(H,44,49)(H,45,50)/t30-,31-,32-,33-,34-/m0/s1. The number of benzene rings is 2. The van der Waals surface area contributed by atoms with Crippen molar-refractivity contribution in [3.8, 4) is 0 Å². The zero-order valence-electron chi connectivity index (χ0n) is 33.8. The summed E-state index contributed by atoms with van der Waals surface area (Å²) in [6.07, 6.45) is 2.51. The van der Waals surface area contributed by atoms with Gasteiger partial charge in [0.15, 0.2) is 0 Å². The van der Waals surface area contributed by atoms with Crippen molar-refractivity contribution in [2.24, 2.45) is 0 Å². The van der Waals surface area contributed by atoms with Crippen LogP contribution in [0.3, 0.4) is 0 Å². The summed E-state index contributed by atoms with van der Waals surface area (Å²) in [5, 5.41) is 8.11. The van der Waals surface area contributed by atoms with E-state index in [1.54, 1.807) is 45.0 Å². The number of hydrogen-bond donors (Lipinski definition) is 3. The number of carbonyl (C=O) groups excluding carboxylic acids is 7. The van der Waals surface area contributed by atoms with E-state index in [1.807, 2.05) is 36.4 Å². The molecule has 0 radical (unpaired) electrons. The largest absolute Gasteiger partial charge is 0.467 e. The average molecular weight is 805 g/mol. The van der Waals surface area contributed by atoms with Gasteiger partial charge in [-0.2, -0.15) is 0 Å². The molecule has 5 rings (SSSR count). The highest BCUT2D eigenvalue weighted by Gasteiger charge is 2.44. The Morgan fingerprint density at radius 3 is 1.95 bits per heavy atom. The zero-order valence-corrected chi connectivity index (χ0v) is 33.8. The summed E-state index contributed by atoms with van der Waals surface area (Å²) in [4.78, 5) is 98.3. The quantitative estimate of drug-likeness (QED) is 0.225. The Bertz CT molecular complexity index is 1770. The minimum atomic E-state index is -1.20. The molecular weight excluding hydrogens is 748 g/mol. The normalized spacial score (nSPS) is 20.2. The average Bonchev–Trinajstić information content (AvgIpc) is 4.01. The van der Waals surface area contributed by atoms with E-state index in [0.717, 1.165) is 11.1 Å². The molecule has 16 heteroatoms. The SMILES string of the molecule is COC(=O)[C@@H]1CCCN1C(=O)[C@H](COCc1ccccc1)NC(=O)[C@H](Cc1ccccc1)NC(=O)CNC(=O)[C@@H]1CCCN1C(=O)[C@@H]1CCCN1C(=O)OC(C)(C)C. The van der Waals surface area contributed by atoms with Crippen LogP contribution in [0.2, 0.25) is 0 Å². The molecule has 0 aliphatic carbocycles. The van der Waals surface area contributed by atoms with E-state index in [0.29, 0.717) is 58.2 Å². The summed E-state index contributed by atoms with van der Waals surface area (Å²) in [6.45, 7) is 5.72. The van der Waals surface area contributed by atoms with Crippen LogP contribution in [0.4, 0.5) is 4.79 Å². The van der Waals surface area contributed by atoms with Gasteiger partial charge in [-0.3, -0.25) is 28.9 Å². The summed E-state index contributed by atoms with van der Waals surface area (Å²) in [7, 11) is 1.26. The van der Waals surface area contributed by atoms with Crippen LogP contribution in [-0.4, -0.2) is 132 Å². The predicted octanol–water partition coefficient (Wildman–Crippen LogP) is 2.09. The number of methoxy groups -OCH3 is 1. The molecule has 2 aromatic carbocycles. The van der Waals surface area contributed by atoms with Crippen LogP contribution in [0, 0.1) is 0 Å². The number of amides is 6. The maximum Gasteiger partial charge on any atom is 0.410 e. The van der Waals surface area contributed by atoms with E-state index in [4.69, 9.17) is 14.2 Å². The molecule has 3 aliphatic rings. The van der Waals surface area contributed by atoms with Crippen molar-refractivity contribution in [1.82, 2.24) is 30.7 Å². The Hall–Kier alpha value is -5.51. The summed E-state index contributed by atoms with van der Waals surface area (Å²) in [5.41, 5.74) is 0.855. The maximum absolute atomic E-state index is 14.0. The van der Waals surface area contributed by atoms with Crippen molar-refractivity contribution in [3.05, 3.63) is 71.8 Å². The summed E-state index contributed by atoms with van der Waals surface area (Å²) < 4.78 is 16.4. The highest BCUT2D eigenvalue weighted by atomic mass is 16.6. The molecule has 58 heavy (non-hydrogen) atoms. The van der Waals surface area contributed by atoms with Gasteiger partial charge in [-0.1, -0.05) is 60.7 Å². The van der Waals surface area contributed by atoms with E-state index in [1.165, 1.54) is 21.8 Å². The van der Waals surface area contributed by atoms with Gasteiger partial charge in [-0.25, -0.2) is 9.59 Å². The zero-order chi connectivity index (χ0) is 41.8. The third kappa shape index (κ3) is 11.8. The van der Waals surface area contributed by atoms with Crippen LogP contribution >= 0.6 is 0 Å². The molecule has 0 aromatic heterocycles. The van der Waals surface area contributed by atoms with Gasteiger partial charge in [-0.05, 0) is 70.4 Å². The second kappa shape index (κ2) is 20.3. The minimum Gasteiger partial charge on any atom is -0.467 e. The van der Waals surface area contributed by atoms with Gasteiger partial charge in [0.1, 0.15) is 35.8 Å². The van der Waals surface area contributed by atoms with Gasteiger partial charge < -0.3 is 40.0 Å². The Morgan fingerprint density at radius 1 is 0.724 bits per heavy atom. The molecule has 2 aromatic rings. The van der Waals surface area contributed by atoms with Crippen molar-refractivity contribution < 1.29 is 47.8 Å². The Kier molecular flexibility index (Phi) is 15.2. The van der Waals surface area contributed by atoms with Crippen molar-refractivity contribution in [2.75, 3.05) is 39.9 Å². The number of nitrogens with one attached hydrogen (secondary N) is 3. The van der Waals surface area contributed by atoms with E-state index in [-0.39, 0.29) is 25.5 Å². The fourth-order valence-corrected chi connectivity index (χ4v) is 7.57. The minimum absolute atomic E-state index is 0.0626. The van der Waals surface area contributed by atoms with Crippen LogP contribution in [0.1, 0.15) is 70.4 Å². The van der Waals surface area contributed by atoms with Crippen LogP contribution in [0.15, 0.2) is 60.7 Å². The van der Waals surface area contributed by atoms with Crippen LogP contribution < -0.4 is 16.0 Å². The molecule has 6 amide bonds. The van der Waals surface area contributed by atoms with Crippen molar-refractivity contribution in [2.45, 2.75) is 108 Å². The molecular formula is C42H56N6O10. The number of esters is 1. The smallest absolute Gasteiger partial charge is 0.410 e. The fraction of sp³-hybridized carbons (Fsp3) is 0.548. The first-order chi connectivity index (χ1) is 27.8. The lowest BCUT2D eigenvalue weighted by molar-refractivity contribution is -0.152. The Labute approximate surface area is 339 Å². The van der Waals surface area contributed by atoms with Crippen LogP contribution in [-0.2, 0) is 56.0 Å². The Balaban J connectivity index is 1.24. The Morgan fingerprint density at radius 2 is 1.31 bits per heavy atom. The lowest BCUT2D eigenvalue weighted by atomic mass is 10.0. The molecule has 3 heterocycles. The van der Waals surface area contributed by atoms with Crippen LogP contribution in [0.25, 0.3) is 0 Å². The van der Waals surface area contributed by atoms with E-state index < -0.39 is 78.0 Å². The van der Waals surface area contributed by atoms with Crippen molar-refractivity contribution >= 4 is 41.6 Å². The van der Waals surface area contributed by atoms with E-state index >= 15 is 0 Å². The van der Waals surface area contributed by atoms with Gasteiger partial charge in [0.2, 0.25) is 29.5 Å². The highest BCUT2D eigenvalue weighted by Crippen LogP contribution is 2.27. The second-order valence-corrected chi connectivity index (χ2v) is 15.8. The number of nitrogens with zero attached hydrogens (tertiary/aromatic N) is 3. The molecule has 3 fully saturated rings. The molecule has 0 saturated carbocycles. The molecule has 314 valence electrons. The monoisotopic (exact) mass is 804 g/mol. The fourth-order valence-electron chi connectivity index (χ4n) is 7.57. The third-order valence-electron chi connectivity index (χ3n) is 10.4. The molecule has 3 aliphatic heterocycles. The summed E-state index contributed by atoms with van der Waals surface area (Å²) >= 11 is 0. The highest BCUT2D eigenvalue weighted by molar-refractivity contribution is 5.96. The first-order valence-electron chi connectivity index (χ1n) is 20.0. The van der Waals surface area contributed by atoms with Crippen LogP contribution in [0.5, 0.6) is 0 Å². The molecule has 16 nitrogen and oxygen atoms in total. The van der Waals surface area contributed by atoms with Crippen molar-refractivity contribution in [1.29, 1.82) is 0 Å². The number of ether oxygens (including phenoxy) is 3. The van der Waals surface area contributed by atoms with Gasteiger partial charge in [0.25, 0.3) is 0 Å². The molecule has 0 spiro atoms. The van der Waals surface area contributed by atoms with Gasteiger partial charge >= 0.3 is 12.1 Å². The topological polar surface area (TPSA) is 193 Å². The molecule has 5 atom stereocenters. The van der Waals surface area contributed by atoms with E-state index in [2.05, 4.69) is 16.0 Å². The molecule has 3 saturated heterocycles. The second-order valence-electron chi connectivity index (χ2n) is 15.8. The molecule has 0 bridgehead atoms. The number of likely N-dealkylation sites (tertiary alicyclic amines) is 3. The van der Waals surface area contributed by atoms with Gasteiger partial charge in [-0.15, -0.1) is 0 Å². The molecule has 3 N–H and O–H groups in total. The first-order valence-corrected chi connectivity index (χ1v) is 20.0. The maximum atomic E-state index is 14.0. The van der Waals surface area contributed by atoms with Gasteiger partial charge in [0, 0.05) is 26.1 Å².